The molecule has 11 heteroatoms. The third kappa shape index (κ3) is 8.47. The molecule has 7 nitrogen and oxygen atoms in total. The van der Waals surface area contributed by atoms with Crippen molar-refractivity contribution in [2.45, 2.75) is 64.1 Å². The number of rotatable bonds is 8. The van der Waals surface area contributed by atoms with E-state index in [4.69, 9.17) is 22.6 Å². The van der Waals surface area contributed by atoms with Crippen molar-refractivity contribution in [3.8, 4) is 0 Å². The predicted octanol–water partition coefficient (Wildman–Crippen LogP) is 6.39. The molecule has 2 aromatic carbocycles. The molecule has 2 saturated heterocycles. The molecule has 0 aliphatic carbocycles. The molecule has 0 atom stereocenters. The van der Waals surface area contributed by atoms with Crippen LogP contribution in [0.15, 0.2) is 42.5 Å². The number of piperazine rings is 1. The van der Waals surface area contributed by atoms with Gasteiger partial charge in [-0.15, -0.1) is 5.23 Å². The molecule has 2 fully saturated rings. The van der Waals surface area contributed by atoms with Gasteiger partial charge in [-0.25, -0.2) is 0 Å². The molecule has 0 unspecified atom stereocenters. The molecule has 41 heavy (non-hydrogen) atoms. The lowest BCUT2D eigenvalue weighted by molar-refractivity contribution is -0.138. The largest absolute Gasteiger partial charge is 0.418 e. The molecule has 3 N–H and O–H groups in total. The van der Waals surface area contributed by atoms with Crippen LogP contribution >= 0.6 is 12.2 Å². The summed E-state index contributed by atoms with van der Waals surface area (Å²) in [5, 5.41) is 20.9. The summed E-state index contributed by atoms with van der Waals surface area (Å²) in [5.74, 6) is 0. The van der Waals surface area contributed by atoms with Gasteiger partial charge in [-0.1, -0.05) is 45.1 Å². The van der Waals surface area contributed by atoms with Crippen molar-refractivity contribution in [1.82, 2.24) is 9.80 Å². The molecular weight excluding hydrogens is 551 g/mol. The summed E-state index contributed by atoms with van der Waals surface area (Å²) in [6, 6.07) is 12.3. The van der Waals surface area contributed by atoms with E-state index >= 15 is 0 Å². The van der Waals surface area contributed by atoms with Crippen LogP contribution in [0.25, 0.3) is 0 Å². The van der Waals surface area contributed by atoms with Gasteiger partial charge in [0.25, 0.3) is 0 Å². The highest BCUT2D eigenvalue weighted by molar-refractivity contribution is 7.80. The van der Waals surface area contributed by atoms with Crippen LogP contribution < -0.4 is 15.4 Å². The van der Waals surface area contributed by atoms with E-state index in [1.807, 2.05) is 0 Å². The SMILES string of the molecule is CC(C)(C)c1ccc(N2CCN(CCCC(=S)N3CCC(Nc4ccc(N(O)O)c(C(F)(F)F)c4)CC3)CC2)cc1. The Hall–Kier alpha value is -2.60. The smallest absolute Gasteiger partial charge is 0.382 e. The van der Waals surface area contributed by atoms with Gasteiger partial charge in [0.1, 0.15) is 5.69 Å². The number of likely N-dealkylation sites (tertiary alicyclic amines) is 1. The molecule has 0 saturated carbocycles. The average Bonchev–Trinajstić information content (AvgIpc) is 2.93. The third-order valence-electron chi connectivity index (χ3n) is 8.07. The van der Waals surface area contributed by atoms with Crippen molar-refractivity contribution in [1.29, 1.82) is 0 Å². The Balaban J connectivity index is 1.16. The summed E-state index contributed by atoms with van der Waals surface area (Å²) in [6.45, 7) is 13.4. The molecule has 0 bridgehead atoms. The molecular formula is C30H42F3N5O2S. The van der Waals surface area contributed by atoms with E-state index < -0.39 is 22.7 Å². The number of thiocarbonyl (C=S) groups is 1. The van der Waals surface area contributed by atoms with Crippen molar-refractivity contribution in [3.63, 3.8) is 0 Å². The first kappa shape index (κ1) is 31.3. The number of hydrogen-bond acceptors (Lipinski definition) is 7. The number of benzene rings is 2. The van der Waals surface area contributed by atoms with Crippen LogP contribution in [0.2, 0.25) is 0 Å². The fraction of sp³-hybridized carbons (Fsp3) is 0.567. The molecule has 0 spiro atoms. The zero-order valence-electron chi connectivity index (χ0n) is 24.1. The minimum Gasteiger partial charge on any atom is -0.382 e. The number of hydrogen-bond donors (Lipinski definition) is 3. The van der Waals surface area contributed by atoms with E-state index in [2.05, 4.69) is 65.1 Å². The highest BCUT2D eigenvalue weighted by atomic mass is 32.1. The van der Waals surface area contributed by atoms with Gasteiger partial charge < -0.3 is 15.1 Å². The fourth-order valence-corrected chi connectivity index (χ4v) is 5.88. The van der Waals surface area contributed by atoms with Gasteiger partial charge in [-0.05, 0) is 73.5 Å². The first-order valence-electron chi connectivity index (χ1n) is 14.3. The fourth-order valence-electron chi connectivity index (χ4n) is 5.55. The first-order chi connectivity index (χ1) is 19.3. The Kier molecular flexibility index (Phi) is 10.0. The Morgan fingerprint density at radius 2 is 1.59 bits per heavy atom. The maximum Gasteiger partial charge on any atom is 0.418 e. The van der Waals surface area contributed by atoms with Crippen LogP contribution in [-0.2, 0) is 11.6 Å². The molecule has 2 aliphatic heterocycles. The summed E-state index contributed by atoms with van der Waals surface area (Å²) in [4.78, 5) is 8.13. The first-order valence-corrected chi connectivity index (χ1v) is 14.7. The van der Waals surface area contributed by atoms with Crippen molar-refractivity contribution in [2.24, 2.45) is 0 Å². The lowest BCUT2D eigenvalue weighted by atomic mass is 9.87. The second-order valence-electron chi connectivity index (χ2n) is 12.0. The Morgan fingerprint density at radius 3 is 2.15 bits per heavy atom. The number of nitrogens with zero attached hydrogens (tertiary/aromatic N) is 4. The Bertz CT molecular complexity index is 1150. The van der Waals surface area contributed by atoms with Crippen LogP contribution in [0.1, 0.15) is 57.6 Å². The lowest BCUT2D eigenvalue weighted by Crippen LogP contribution is -2.47. The summed E-state index contributed by atoms with van der Waals surface area (Å²) in [7, 11) is 0. The predicted molar refractivity (Wildman–Crippen MR) is 161 cm³/mol. The zero-order chi connectivity index (χ0) is 29.8. The van der Waals surface area contributed by atoms with E-state index in [0.29, 0.717) is 5.69 Å². The van der Waals surface area contributed by atoms with Crippen LogP contribution in [-0.4, -0.2) is 77.1 Å². The number of nitrogens with one attached hydrogen (secondary N) is 1. The maximum atomic E-state index is 13.4. The topological polar surface area (TPSA) is 65.5 Å². The standard InChI is InChI=1S/C30H42F3N5O2S/c1-29(2,3)22-6-9-25(10-7-22)36-19-17-35(18-20-36)14-4-5-28(41)37-15-12-23(13-16-37)34-24-8-11-27(38(39)40)26(21-24)30(31,32)33/h6-11,21,23,34,39-40H,4-5,12-20H2,1-3H3. The van der Waals surface area contributed by atoms with Gasteiger partial charge in [0, 0.05) is 56.7 Å². The number of halogens is 3. The lowest BCUT2D eigenvalue weighted by Gasteiger charge is -2.37. The highest BCUT2D eigenvalue weighted by Crippen LogP contribution is 2.38. The van der Waals surface area contributed by atoms with E-state index in [1.54, 1.807) is 0 Å². The summed E-state index contributed by atoms with van der Waals surface area (Å²) >= 11 is 5.73. The normalized spacial score (nSPS) is 17.6. The van der Waals surface area contributed by atoms with Gasteiger partial charge in [0.15, 0.2) is 0 Å². The number of anilines is 3. The quantitative estimate of drug-likeness (QED) is 0.240. The Labute approximate surface area is 246 Å². The molecule has 226 valence electrons. The average molecular weight is 594 g/mol. The molecule has 0 aromatic heterocycles. The van der Waals surface area contributed by atoms with Crippen LogP contribution in [0.4, 0.5) is 30.2 Å². The van der Waals surface area contributed by atoms with Crippen molar-refractivity contribution in [2.75, 3.05) is 61.3 Å². The minimum atomic E-state index is -4.71. The van der Waals surface area contributed by atoms with E-state index in [1.165, 1.54) is 17.3 Å². The highest BCUT2D eigenvalue weighted by Gasteiger charge is 2.35. The Morgan fingerprint density at radius 1 is 0.951 bits per heavy atom. The molecule has 4 rings (SSSR count). The van der Waals surface area contributed by atoms with Crippen LogP contribution in [0.5, 0.6) is 0 Å². The summed E-state index contributed by atoms with van der Waals surface area (Å²) in [6.07, 6.45) is -1.33. The van der Waals surface area contributed by atoms with E-state index in [9.17, 15) is 13.2 Å². The monoisotopic (exact) mass is 593 g/mol. The van der Waals surface area contributed by atoms with Crippen LogP contribution in [0, 0.1) is 0 Å². The summed E-state index contributed by atoms with van der Waals surface area (Å²) < 4.78 is 40.1. The summed E-state index contributed by atoms with van der Waals surface area (Å²) in [5.41, 5.74) is 1.28. The van der Waals surface area contributed by atoms with Gasteiger partial charge in [0.2, 0.25) is 0 Å². The zero-order valence-corrected chi connectivity index (χ0v) is 24.9. The van der Waals surface area contributed by atoms with E-state index in [0.717, 1.165) is 88.6 Å². The number of alkyl halides is 3. The second-order valence-corrected chi connectivity index (χ2v) is 12.5. The van der Waals surface area contributed by atoms with Crippen molar-refractivity contribution < 1.29 is 23.6 Å². The molecule has 2 heterocycles. The van der Waals surface area contributed by atoms with Crippen LogP contribution in [0.3, 0.4) is 0 Å². The second kappa shape index (κ2) is 13.1. The third-order valence-corrected chi connectivity index (χ3v) is 8.53. The van der Waals surface area contributed by atoms with Crippen molar-refractivity contribution >= 4 is 34.3 Å². The number of piperidine rings is 1. The molecule has 0 radical (unpaired) electrons. The van der Waals surface area contributed by atoms with Gasteiger partial charge in [-0.2, -0.15) is 13.2 Å². The molecule has 2 aliphatic rings. The molecule has 0 amide bonds. The molecule has 2 aromatic rings. The van der Waals surface area contributed by atoms with E-state index in [-0.39, 0.29) is 11.5 Å². The van der Waals surface area contributed by atoms with Gasteiger partial charge in [0.05, 0.1) is 10.6 Å². The minimum absolute atomic E-state index is 0.0151. The van der Waals surface area contributed by atoms with Crippen molar-refractivity contribution in [3.05, 3.63) is 53.6 Å². The van der Waals surface area contributed by atoms with Gasteiger partial charge in [-0.3, -0.25) is 15.3 Å². The van der Waals surface area contributed by atoms with Gasteiger partial charge >= 0.3 is 6.18 Å². The maximum absolute atomic E-state index is 13.4.